The van der Waals surface area contributed by atoms with Crippen LogP contribution in [0.15, 0.2) is 18.2 Å². The van der Waals surface area contributed by atoms with E-state index < -0.39 is 0 Å². The lowest BCUT2D eigenvalue weighted by Crippen LogP contribution is -2.49. The van der Waals surface area contributed by atoms with Crippen LogP contribution in [0.5, 0.6) is 6.01 Å². The average Bonchev–Trinajstić information content (AvgIpc) is 2.83. The summed E-state index contributed by atoms with van der Waals surface area (Å²) in [7, 11) is 1.51. The van der Waals surface area contributed by atoms with Gasteiger partial charge in [-0.05, 0) is 50.3 Å². The molecule has 1 aromatic carbocycles. The Morgan fingerprint density at radius 3 is 2.48 bits per heavy atom. The van der Waals surface area contributed by atoms with E-state index in [4.69, 9.17) is 32.7 Å². The Bertz CT molecular complexity index is 990. The standard InChI is InChI=1S/C24H30Cl2N4O3/c1-15-21(14-16-3-4-19(25)20(26)13-16)28-24(32-2)29-22(15)23(31)30-9-5-17(6-10-30)27-18-7-11-33-12-8-18/h3-4,13,17-18,27H,5-12,14H2,1-2H3. The minimum absolute atomic E-state index is 0.0758. The van der Waals surface area contributed by atoms with Crippen LogP contribution in [0, 0.1) is 6.92 Å². The number of aromatic nitrogens is 2. The maximum Gasteiger partial charge on any atom is 0.317 e. The molecule has 0 spiro atoms. The van der Waals surface area contributed by atoms with E-state index in [0.717, 1.165) is 55.7 Å². The summed E-state index contributed by atoms with van der Waals surface area (Å²) in [6.45, 7) is 4.95. The topological polar surface area (TPSA) is 76.6 Å². The molecule has 0 aliphatic carbocycles. The second-order valence-electron chi connectivity index (χ2n) is 8.68. The summed E-state index contributed by atoms with van der Waals surface area (Å²) in [6.07, 6.45) is 4.47. The molecule has 0 bridgehead atoms. The Morgan fingerprint density at radius 1 is 1.12 bits per heavy atom. The van der Waals surface area contributed by atoms with Crippen LogP contribution < -0.4 is 10.1 Å². The predicted molar refractivity (Wildman–Crippen MR) is 128 cm³/mol. The number of nitrogens with one attached hydrogen (secondary N) is 1. The molecule has 3 heterocycles. The maximum absolute atomic E-state index is 13.4. The second kappa shape index (κ2) is 11.0. The highest BCUT2D eigenvalue weighted by Crippen LogP contribution is 2.26. The van der Waals surface area contributed by atoms with Gasteiger partial charge in [0.05, 0.1) is 22.8 Å². The van der Waals surface area contributed by atoms with E-state index in [9.17, 15) is 4.79 Å². The van der Waals surface area contributed by atoms with Crippen LogP contribution in [0.25, 0.3) is 0 Å². The molecule has 2 saturated heterocycles. The summed E-state index contributed by atoms with van der Waals surface area (Å²) < 4.78 is 10.8. The minimum Gasteiger partial charge on any atom is -0.467 e. The number of amides is 1. The van der Waals surface area contributed by atoms with Crippen LogP contribution >= 0.6 is 23.2 Å². The molecule has 1 N–H and O–H groups in total. The summed E-state index contributed by atoms with van der Waals surface area (Å²) >= 11 is 12.2. The quantitative estimate of drug-likeness (QED) is 0.654. The van der Waals surface area contributed by atoms with Gasteiger partial charge in [-0.1, -0.05) is 29.3 Å². The third-order valence-corrected chi connectivity index (χ3v) is 7.18. The first-order chi connectivity index (χ1) is 15.9. The molecule has 0 radical (unpaired) electrons. The van der Waals surface area contributed by atoms with E-state index >= 15 is 0 Å². The number of hydrogen-bond donors (Lipinski definition) is 1. The molecule has 4 rings (SSSR count). The number of piperidine rings is 1. The lowest BCUT2D eigenvalue weighted by atomic mass is 10.00. The molecular formula is C24H30Cl2N4O3. The number of likely N-dealkylation sites (tertiary alicyclic amines) is 1. The lowest BCUT2D eigenvalue weighted by Gasteiger charge is -2.35. The van der Waals surface area contributed by atoms with Crippen molar-refractivity contribution in [3.05, 3.63) is 50.8 Å². The third-order valence-electron chi connectivity index (χ3n) is 6.44. The summed E-state index contributed by atoms with van der Waals surface area (Å²) in [5, 5.41) is 4.74. The first kappa shape index (κ1) is 24.2. The van der Waals surface area contributed by atoms with Crippen molar-refractivity contribution in [1.29, 1.82) is 0 Å². The Labute approximate surface area is 204 Å². The van der Waals surface area contributed by atoms with E-state index in [1.807, 2.05) is 24.0 Å². The van der Waals surface area contributed by atoms with Gasteiger partial charge in [-0.3, -0.25) is 4.79 Å². The highest BCUT2D eigenvalue weighted by molar-refractivity contribution is 6.42. The molecule has 178 valence electrons. The normalized spacial score (nSPS) is 17.9. The second-order valence-corrected chi connectivity index (χ2v) is 9.49. The summed E-state index contributed by atoms with van der Waals surface area (Å²) in [5.41, 5.74) is 2.84. The Hall–Kier alpha value is -1.93. The van der Waals surface area contributed by atoms with Crippen LogP contribution in [0.3, 0.4) is 0 Å². The van der Waals surface area contributed by atoms with E-state index in [1.165, 1.54) is 7.11 Å². The molecule has 7 nitrogen and oxygen atoms in total. The van der Waals surface area contributed by atoms with E-state index in [0.29, 0.717) is 47.3 Å². The molecule has 2 aromatic rings. The van der Waals surface area contributed by atoms with Gasteiger partial charge in [-0.25, -0.2) is 0 Å². The van der Waals surface area contributed by atoms with Crippen LogP contribution in [0.1, 0.15) is 53.0 Å². The first-order valence-corrected chi connectivity index (χ1v) is 12.2. The monoisotopic (exact) mass is 492 g/mol. The first-order valence-electron chi connectivity index (χ1n) is 11.4. The summed E-state index contributed by atoms with van der Waals surface area (Å²) in [4.78, 5) is 24.2. The van der Waals surface area contributed by atoms with Crippen molar-refractivity contribution in [2.24, 2.45) is 0 Å². The molecule has 1 aromatic heterocycles. The SMILES string of the molecule is COc1nc(Cc2ccc(Cl)c(Cl)c2)c(C)c(C(=O)N2CCC(NC3CCOCC3)CC2)n1. The number of carbonyl (C=O) groups is 1. The van der Waals surface area contributed by atoms with Crippen molar-refractivity contribution in [1.82, 2.24) is 20.2 Å². The van der Waals surface area contributed by atoms with Gasteiger partial charge in [-0.15, -0.1) is 0 Å². The third kappa shape index (κ3) is 5.96. The molecule has 2 fully saturated rings. The molecule has 1 amide bonds. The van der Waals surface area contributed by atoms with Crippen LogP contribution in [0.2, 0.25) is 10.0 Å². The van der Waals surface area contributed by atoms with Gasteiger partial charge in [0.15, 0.2) is 0 Å². The van der Waals surface area contributed by atoms with Gasteiger partial charge in [0.2, 0.25) is 0 Å². The van der Waals surface area contributed by atoms with Crippen LogP contribution in [-0.4, -0.2) is 66.3 Å². The Morgan fingerprint density at radius 2 is 1.82 bits per heavy atom. The van der Waals surface area contributed by atoms with E-state index in [-0.39, 0.29) is 11.9 Å². The molecule has 2 aliphatic heterocycles. The van der Waals surface area contributed by atoms with Gasteiger partial charge in [0.1, 0.15) is 5.69 Å². The average molecular weight is 493 g/mol. The van der Waals surface area contributed by atoms with Gasteiger partial charge in [0.25, 0.3) is 5.91 Å². The fraction of sp³-hybridized carbons (Fsp3) is 0.542. The highest BCUT2D eigenvalue weighted by Gasteiger charge is 2.28. The molecule has 2 aliphatic rings. The molecule has 33 heavy (non-hydrogen) atoms. The zero-order valence-electron chi connectivity index (χ0n) is 19.1. The number of methoxy groups -OCH3 is 1. The van der Waals surface area contributed by atoms with Crippen molar-refractivity contribution >= 4 is 29.1 Å². The number of hydrogen-bond acceptors (Lipinski definition) is 6. The van der Waals surface area contributed by atoms with Crippen molar-refractivity contribution in [3.8, 4) is 6.01 Å². The van der Waals surface area contributed by atoms with Crippen LogP contribution in [0.4, 0.5) is 0 Å². The van der Waals surface area contributed by atoms with Crippen LogP contribution in [-0.2, 0) is 11.2 Å². The number of halogens is 2. The summed E-state index contributed by atoms with van der Waals surface area (Å²) in [5.74, 6) is -0.0758. The Balaban J connectivity index is 1.45. The molecule has 9 heteroatoms. The Kier molecular flexibility index (Phi) is 8.07. The molecular weight excluding hydrogens is 463 g/mol. The smallest absolute Gasteiger partial charge is 0.317 e. The van der Waals surface area contributed by atoms with E-state index in [2.05, 4.69) is 15.3 Å². The zero-order chi connectivity index (χ0) is 23.4. The lowest BCUT2D eigenvalue weighted by molar-refractivity contribution is 0.0627. The van der Waals surface area contributed by atoms with Gasteiger partial charge < -0.3 is 19.7 Å². The van der Waals surface area contributed by atoms with Crippen molar-refractivity contribution < 1.29 is 14.3 Å². The zero-order valence-corrected chi connectivity index (χ0v) is 20.6. The van der Waals surface area contributed by atoms with Crippen molar-refractivity contribution in [3.63, 3.8) is 0 Å². The predicted octanol–water partition coefficient (Wildman–Crippen LogP) is 4.06. The molecule has 0 unspecified atom stereocenters. The largest absolute Gasteiger partial charge is 0.467 e. The van der Waals surface area contributed by atoms with E-state index in [1.54, 1.807) is 6.07 Å². The minimum atomic E-state index is -0.0758. The van der Waals surface area contributed by atoms with Gasteiger partial charge >= 0.3 is 6.01 Å². The fourth-order valence-electron chi connectivity index (χ4n) is 4.45. The summed E-state index contributed by atoms with van der Waals surface area (Å²) in [6, 6.07) is 6.62. The molecule has 0 saturated carbocycles. The fourth-order valence-corrected chi connectivity index (χ4v) is 4.77. The number of nitrogens with zero attached hydrogens (tertiary/aromatic N) is 3. The maximum atomic E-state index is 13.4. The highest BCUT2D eigenvalue weighted by atomic mass is 35.5. The number of carbonyl (C=O) groups excluding carboxylic acids is 1. The van der Waals surface area contributed by atoms with Crippen molar-refractivity contribution in [2.45, 2.75) is 51.1 Å². The number of benzene rings is 1. The van der Waals surface area contributed by atoms with Crippen molar-refractivity contribution in [2.75, 3.05) is 33.4 Å². The number of rotatable bonds is 6. The molecule has 0 atom stereocenters. The van der Waals surface area contributed by atoms with Gasteiger partial charge in [-0.2, -0.15) is 9.97 Å². The van der Waals surface area contributed by atoms with Gasteiger partial charge in [0, 0.05) is 50.4 Å². The number of ether oxygens (including phenoxy) is 2.